The molecule has 0 aromatic heterocycles. The van der Waals surface area contributed by atoms with E-state index in [1.807, 2.05) is 0 Å². The summed E-state index contributed by atoms with van der Waals surface area (Å²) in [5, 5.41) is 0. The number of rotatable bonds is 2. The standard InChI is InChI=1S/C13H9BrF3N/c14-11-9(5-6-10(16)12(11)17)13(18)7-1-3-8(15)4-2-7/h1-6,13H,18H2. The smallest absolute Gasteiger partial charge is 0.173 e. The molecule has 0 aliphatic rings. The number of benzene rings is 2. The van der Waals surface area contributed by atoms with Crippen LogP contribution in [0, 0.1) is 17.5 Å². The van der Waals surface area contributed by atoms with Crippen molar-refractivity contribution >= 4 is 15.9 Å². The van der Waals surface area contributed by atoms with E-state index in [4.69, 9.17) is 5.73 Å². The van der Waals surface area contributed by atoms with Gasteiger partial charge in [0.05, 0.1) is 10.5 Å². The molecule has 94 valence electrons. The maximum absolute atomic E-state index is 13.4. The first-order chi connectivity index (χ1) is 8.50. The Labute approximate surface area is 111 Å². The molecule has 0 aliphatic carbocycles. The summed E-state index contributed by atoms with van der Waals surface area (Å²) in [6.45, 7) is 0. The van der Waals surface area contributed by atoms with Crippen molar-refractivity contribution in [2.45, 2.75) is 6.04 Å². The molecule has 0 heterocycles. The lowest BCUT2D eigenvalue weighted by atomic mass is 9.99. The highest BCUT2D eigenvalue weighted by molar-refractivity contribution is 9.10. The van der Waals surface area contributed by atoms with E-state index in [9.17, 15) is 13.2 Å². The molecule has 2 N–H and O–H groups in total. The molecular weight excluding hydrogens is 307 g/mol. The lowest BCUT2D eigenvalue weighted by Crippen LogP contribution is -2.13. The Morgan fingerprint density at radius 1 is 0.944 bits per heavy atom. The SMILES string of the molecule is NC(c1ccc(F)cc1)c1ccc(F)c(F)c1Br. The summed E-state index contributed by atoms with van der Waals surface area (Å²) >= 11 is 2.97. The van der Waals surface area contributed by atoms with Crippen LogP contribution in [-0.2, 0) is 0 Å². The summed E-state index contributed by atoms with van der Waals surface area (Å²) < 4.78 is 39.2. The monoisotopic (exact) mass is 315 g/mol. The van der Waals surface area contributed by atoms with Gasteiger partial charge in [0.1, 0.15) is 5.82 Å². The van der Waals surface area contributed by atoms with Crippen LogP contribution in [0.1, 0.15) is 17.2 Å². The Bertz CT molecular complexity index is 569. The normalized spacial score (nSPS) is 12.5. The molecule has 0 radical (unpaired) electrons. The van der Waals surface area contributed by atoms with Crippen LogP contribution in [0.4, 0.5) is 13.2 Å². The zero-order chi connectivity index (χ0) is 13.3. The Balaban J connectivity index is 2.43. The molecule has 0 aliphatic heterocycles. The maximum atomic E-state index is 13.4. The molecule has 0 bridgehead atoms. The molecule has 2 aromatic rings. The van der Waals surface area contributed by atoms with Crippen LogP contribution in [0.15, 0.2) is 40.9 Å². The summed E-state index contributed by atoms with van der Waals surface area (Å²) in [4.78, 5) is 0. The van der Waals surface area contributed by atoms with Gasteiger partial charge in [-0.25, -0.2) is 13.2 Å². The molecule has 1 atom stereocenters. The van der Waals surface area contributed by atoms with E-state index >= 15 is 0 Å². The minimum atomic E-state index is -0.981. The molecule has 0 spiro atoms. The third kappa shape index (κ3) is 2.42. The van der Waals surface area contributed by atoms with Crippen LogP contribution in [-0.4, -0.2) is 0 Å². The van der Waals surface area contributed by atoms with Crippen molar-refractivity contribution in [3.05, 3.63) is 69.4 Å². The molecule has 0 amide bonds. The second-order valence-electron chi connectivity index (χ2n) is 3.79. The summed E-state index contributed by atoms with van der Waals surface area (Å²) in [6, 6.07) is 7.30. The second kappa shape index (κ2) is 5.12. The van der Waals surface area contributed by atoms with Gasteiger partial charge in [0.2, 0.25) is 0 Å². The van der Waals surface area contributed by atoms with Gasteiger partial charge in [-0.05, 0) is 45.3 Å². The predicted octanol–water partition coefficient (Wildman–Crippen LogP) is 3.91. The van der Waals surface area contributed by atoms with E-state index in [1.165, 1.54) is 30.3 Å². The highest BCUT2D eigenvalue weighted by Crippen LogP contribution is 2.30. The van der Waals surface area contributed by atoms with Crippen molar-refractivity contribution in [2.75, 3.05) is 0 Å². The molecule has 2 rings (SSSR count). The van der Waals surface area contributed by atoms with Crippen LogP contribution in [0.25, 0.3) is 0 Å². The Morgan fingerprint density at radius 2 is 1.56 bits per heavy atom. The zero-order valence-corrected chi connectivity index (χ0v) is 10.7. The van der Waals surface area contributed by atoms with Gasteiger partial charge in [0.25, 0.3) is 0 Å². The van der Waals surface area contributed by atoms with Gasteiger partial charge in [0.15, 0.2) is 11.6 Å². The minimum absolute atomic E-state index is 0.0145. The fraction of sp³-hybridized carbons (Fsp3) is 0.0769. The molecule has 1 nitrogen and oxygen atoms in total. The summed E-state index contributed by atoms with van der Waals surface area (Å²) in [7, 11) is 0. The van der Waals surface area contributed by atoms with E-state index in [-0.39, 0.29) is 10.3 Å². The van der Waals surface area contributed by atoms with E-state index in [1.54, 1.807) is 0 Å². The quantitative estimate of drug-likeness (QED) is 0.835. The van der Waals surface area contributed by atoms with Gasteiger partial charge in [-0.3, -0.25) is 0 Å². The molecule has 18 heavy (non-hydrogen) atoms. The highest BCUT2D eigenvalue weighted by atomic mass is 79.9. The van der Waals surface area contributed by atoms with Crippen LogP contribution >= 0.6 is 15.9 Å². The third-order valence-electron chi connectivity index (χ3n) is 2.63. The average molecular weight is 316 g/mol. The van der Waals surface area contributed by atoms with Crippen molar-refractivity contribution in [3.8, 4) is 0 Å². The minimum Gasteiger partial charge on any atom is -0.320 e. The molecule has 0 saturated carbocycles. The molecular formula is C13H9BrF3N. The number of hydrogen-bond acceptors (Lipinski definition) is 1. The lowest BCUT2D eigenvalue weighted by Gasteiger charge is -2.15. The van der Waals surface area contributed by atoms with Crippen LogP contribution < -0.4 is 5.73 Å². The molecule has 1 unspecified atom stereocenters. The van der Waals surface area contributed by atoms with E-state index in [0.29, 0.717) is 11.1 Å². The predicted molar refractivity (Wildman–Crippen MR) is 66.5 cm³/mol. The van der Waals surface area contributed by atoms with Crippen LogP contribution in [0.2, 0.25) is 0 Å². The second-order valence-corrected chi connectivity index (χ2v) is 4.59. The van der Waals surface area contributed by atoms with E-state index < -0.39 is 17.7 Å². The fourth-order valence-corrected chi connectivity index (χ4v) is 2.20. The number of nitrogens with two attached hydrogens (primary N) is 1. The summed E-state index contributed by atoms with van der Waals surface area (Å²) in [5.41, 5.74) is 6.96. The fourth-order valence-electron chi connectivity index (χ4n) is 1.63. The van der Waals surface area contributed by atoms with Gasteiger partial charge < -0.3 is 5.73 Å². The van der Waals surface area contributed by atoms with Crippen LogP contribution in [0.3, 0.4) is 0 Å². The topological polar surface area (TPSA) is 26.0 Å². The van der Waals surface area contributed by atoms with Crippen molar-refractivity contribution in [1.29, 1.82) is 0 Å². The highest BCUT2D eigenvalue weighted by Gasteiger charge is 2.17. The van der Waals surface area contributed by atoms with Gasteiger partial charge in [-0.2, -0.15) is 0 Å². The first-order valence-corrected chi connectivity index (χ1v) is 5.94. The lowest BCUT2D eigenvalue weighted by molar-refractivity contribution is 0.501. The van der Waals surface area contributed by atoms with Gasteiger partial charge in [-0.1, -0.05) is 18.2 Å². The number of hydrogen-bond donors (Lipinski definition) is 1. The van der Waals surface area contributed by atoms with Gasteiger partial charge in [0, 0.05) is 0 Å². The molecule has 0 saturated heterocycles. The first-order valence-electron chi connectivity index (χ1n) is 5.15. The van der Waals surface area contributed by atoms with Gasteiger partial charge in [-0.15, -0.1) is 0 Å². The van der Waals surface area contributed by atoms with Crippen molar-refractivity contribution in [2.24, 2.45) is 5.73 Å². The van der Waals surface area contributed by atoms with E-state index in [0.717, 1.165) is 6.07 Å². The maximum Gasteiger partial charge on any atom is 0.173 e. The Kier molecular flexibility index (Phi) is 3.73. The Hall–Kier alpha value is -1.33. The first kappa shape index (κ1) is 13.1. The largest absolute Gasteiger partial charge is 0.320 e. The number of halogens is 4. The Morgan fingerprint density at radius 3 is 2.17 bits per heavy atom. The third-order valence-corrected chi connectivity index (χ3v) is 3.44. The van der Waals surface area contributed by atoms with Gasteiger partial charge >= 0.3 is 0 Å². The van der Waals surface area contributed by atoms with Crippen molar-refractivity contribution in [3.63, 3.8) is 0 Å². The summed E-state index contributed by atoms with van der Waals surface area (Å²) in [6.07, 6.45) is 0. The summed E-state index contributed by atoms with van der Waals surface area (Å²) in [5.74, 6) is -2.31. The van der Waals surface area contributed by atoms with Crippen molar-refractivity contribution in [1.82, 2.24) is 0 Å². The van der Waals surface area contributed by atoms with E-state index in [2.05, 4.69) is 15.9 Å². The molecule has 5 heteroatoms. The van der Waals surface area contributed by atoms with Crippen molar-refractivity contribution < 1.29 is 13.2 Å². The zero-order valence-electron chi connectivity index (χ0n) is 9.13. The molecule has 0 fully saturated rings. The van der Waals surface area contributed by atoms with Crippen LogP contribution in [0.5, 0.6) is 0 Å². The molecule has 2 aromatic carbocycles. The average Bonchev–Trinajstić information content (AvgIpc) is 2.36.